The minimum absolute atomic E-state index is 0.353. The molecule has 2 unspecified atom stereocenters. The molecule has 1 aliphatic rings. The van der Waals surface area contributed by atoms with Gasteiger partial charge in [0.25, 0.3) is 0 Å². The van der Waals surface area contributed by atoms with Crippen LogP contribution in [-0.2, 0) is 4.79 Å². The maximum Gasteiger partial charge on any atom is 0.320 e. The highest BCUT2D eigenvalue weighted by atomic mass is 16.4. The lowest BCUT2D eigenvalue weighted by Crippen LogP contribution is -2.39. The van der Waals surface area contributed by atoms with E-state index in [1.807, 2.05) is 0 Å². The minimum atomic E-state index is -0.696. The van der Waals surface area contributed by atoms with Crippen molar-refractivity contribution in [3.05, 3.63) is 0 Å². The molecule has 112 valence electrons. The molecule has 1 saturated carbocycles. The Labute approximate surface area is 118 Å². The SMILES string of the molecule is CCCCC(NCC(C)CC1CCCCC1)C(=O)O. The third-order valence-corrected chi connectivity index (χ3v) is 4.32. The summed E-state index contributed by atoms with van der Waals surface area (Å²) in [5, 5.41) is 12.4. The molecule has 1 rings (SSSR count). The van der Waals surface area contributed by atoms with Gasteiger partial charge in [0.05, 0.1) is 0 Å². The van der Waals surface area contributed by atoms with E-state index in [2.05, 4.69) is 19.2 Å². The van der Waals surface area contributed by atoms with Crippen molar-refractivity contribution in [1.82, 2.24) is 5.32 Å². The zero-order valence-electron chi connectivity index (χ0n) is 12.7. The second-order valence-electron chi connectivity index (χ2n) is 6.29. The van der Waals surface area contributed by atoms with E-state index < -0.39 is 5.97 Å². The number of unbranched alkanes of at least 4 members (excludes halogenated alkanes) is 1. The third kappa shape index (κ3) is 6.95. The Morgan fingerprint density at radius 1 is 1.32 bits per heavy atom. The molecular formula is C16H31NO2. The van der Waals surface area contributed by atoms with Crippen LogP contribution < -0.4 is 5.32 Å². The van der Waals surface area contributed by atoms with Gasteiger partial charge in [-0.25, -0.2) is 0 Å². The van der Waals surface area contributed by atoms with Crippen molar-refractivity contribution in [3.8, 4) is 0 Å². The zero-order valence-corrected chi connectivity index (χ0v) is 12.7. The molecule has 0 aromatic heterocycles. The summed E-state index contributed by atoms with van der Waals surface area (Å²) in [4.78, 5) is 11.1. The number of carboxylic acids is 1. The molecule has 3 heteroatoms. The summed E-state index contributed by atoms with van der Waals surface area (Å²) in [7, 11) is 0. The second-order valence-corrected chi connectivity index (χ2v) is 6.29. The smallest absolute Gasteiger partial charge is 0.320 e. The normalized spacial score (nSPS) is 20.1. The number of carboxylic acid groups (broad SMARTS) is 1. The summed E-state index contributed by atoms with van der Waals surface area (Å²) in [6.07, 6.45) is 11.0. The van der Waals surface area contributed by atoms with Gasteiger partial charge in [0, 0.05) is 0 Å². The molecule has 3 nitrogen and oxygen atoms in total. The van der Waals surface area contributed by atoms with E-state index in [0.717, 1.165) is 31.7 Å². The first-order valence-corrected chi connectivity index (χ1v) is 8.09. The molecule has 0 heterocycles. The number of nitrogens with one attached hydrogen (secondary N) is 1. The molecule has 0 amide bonds. The molecule has 0 bridgehead atoms. The molecule has 0 aromatic rings. The maximum atomic E-state index is 11.1. The summed E-state index contributed by atoms with van der Waals surface area (Å²) in [6, 6.07) is -0.353. The molecule has 19 heavy (non-hydrogen) atoms. The van der Waals surface area contributed by atoms with Crippen molar-refractivity contribution >= 4 is 5.97 Å². The molecule has 2 N–H and O–H groups in total. The van der Waals surface area contributed by atoms with Gasteiger partial charge >= 0.3 is 5.97 Å². The van der Waals surface area contributed by atoms with Crippen LogP contribution in [0.15, 0.2) is 0 Å². The molecule has 0 spiro atoms. The van der Waals surface area contributed by atoms with Gasteiger partial charge in [-0.05, 0) is 31.2 Å². The summed E-state index contributed by atoms with van der Waals surface area (Å²) >= 11 is 0. The number of hydrogen-bond acceptors (Lipinski definition) is 2. The van der Waals surface area contributed by atoms with Gasteiger partial charge in [-0.2, -0.15) is 0 Å². The lowest BCUT2D eigenvalue weighted by molar-refractivity contribution is -0.139. The molecule has 0 radical (unpaired) electrons. The van der Waals surface area contributed by atoms with Crippen LogP contribution in [0.5, 0.6) is 0 Å². The standard InChI is InChI=1S/C16H31NO2/c1-3-4-10-15(16(18)19)17-12-13(2)11-14-8-6-5-7-9-14/h13-15,17H,3-12H2,1-2H3,(H,18,19). The Morgan fingerprint density at radius 2 is 2.00 bits per heavy atom. The van der Waals surface area contributed by atoms with Gasteiger partial charge in [0.1, 0.15) is 6.04 Å². The molecule has 0 saturated heterocycles. The highest BCUT2D eigenvalue weighted by molar-refractivity contribution is 5.73. The average molecular weight is 269 g/mol. The van der Waals surface area contributed by atoms with Gasteiger partial charge in [0.15, 0.2) is 0 Å². The van der Waals surface area contributed by atoms with Crippen molar-refractivity contribution in [2.24, 2.45) is 11.8 Å². The van der Waals surface area contributed by atoms with E-state index in [1.54, 1.807) is 0 Å². The van der Waals surface area contributed by atoms with Gasteiger partial charge in [-0.15, -0.1) is 0 Å². The Balaban J connectivity index is 2.22. The fourth-order valence-electron chi connectivity index (χ4n) is 3.14. The first-order chi connectivity index (χ1) is 9.13. The quantitative estimate of drug-likeness (QED) is 0.669. The Morgan fingerprint density at radius 3 is 2.58 bits per heavy atom. The van der Waals surface area contributed by atoms with Gasteiger partial charge in [-0.1, -0.05) is 58.8 Å². The van der Waals surface area contributed by atoms with Crippen molar-refractivity contribution in [1.29, 1.82) is 0 Å². The summed E-state index contributed by atoms with van der Waals surface area (Å²) < 4.78 is 0. The van der Waals surface area contributed by atoms with Gasteiger partial charge in [-0.3, -0.25) is 4.79 Å². The molecule has 2 atom stereocenters. The van der Waals surface area contributed by atoms with Crippen LogP contribution in [-0.4, -0.2) is 23.7 Å². The fraction of sp³-hybridized carbons (Fsp3) is 0.938. The van der Waals surface area contributed by atoms with Crippen LogP contribution >= 0.6 is 0 Å². The molecule has 1 fully saturated rings. The van der Waals surface area contributed by atoms with Crippen molar-refractivity contribution in [2.45, 2.75) is 77.7 Å². The number of aliphatic carboxylic acids is 1. The summed E-state index contributed by atoms with van der Waals surface area (Å²) in [5.41, 5.74) is 0. The van der Waals surface area contributed by atoms with Crippen LogP contribution in [0.25, 0.3) is 0 Å². The maximum absolute atomic E-state index is 11.1. The van der Waals surface area contributed by atoms with E-state index in [1.165, 1.54) is 38.5 Å². The van der Waals surface area contributed by atoms with Crippen LogP contribution in [0.1, 0.15) is 71.6 Å². The first kappa shape index (κ1) is 16.5. The van der Waals surface area contributed by atoms with Crippen molar-refractivity contribution in [2.75, 3.05) is 6.54 Å². The summed E-state index contributed by atoms with van der Waals surface area (Å²) in [6.45, 7) is 5.20. The summed E-state index contributed by atoms with van der Waals surface area (Å²) in [5.74, 6) is 0.773. The van der Waals surface area contributed by atoms with E-state index >= 15 is 0 Å². The fourth-order valence-corrected chi connectivity index (χ4v) is 3.14. The monoisotopic (exact) mass is 269 g/mol. The van der Waals surface area contributed by atoms with E-state index in [4.69, 9.17) is 0 Å². The second kappa shape index (κ2) is 9.35. The number of hydrogen-bond donors (Lipinski definition) is 2. The van der Waals surface area contributed by atoms with Crippen LogP contribution in [0.3, 0.4) is 0 Å². The number of carbonyl (C=O) groups is 1. The first-order valence-electron chi connectivity index (χ1n) is 8.09. The van der Waals surface area contributed by atoms with Crippen molar-refractivity contribution < 1.29 is 9.90 Å². The molecular weight excluding hydrogens is 238 g/mol. The Kier molecular flexibility index (Phi) is 8.11. The topological polar surface area (TPSA) is 49.3 Å². The van der Waals surface area contributed by atoms with Gasteiger partial charge < -0.3 is 10.4 Å². The molecule has 0 aromatic carbocycles. The van der Waals surface area contributed by atoms with Gasteiger partial charge in [0.2, 0.25) is 0 Å². The largest absolute Gasteiger partial charge is 0.480 e. The minimum Gasteiger partial charge on any atom is -0.480 e. The average Bonchev–Trinajstić information content (AvgIpc) is 2.39. The highest BCUT2D eigenvalue weighted by Crippen LogP contribution is 2.28. The molecule has 0 aliphatic heterocycles. The zero-order chi connectivity index (χ0) is 14.1. The predicted octanol–water partition coefficient (Wildman–Crippen LogP) is 3.83. The lowest BCUT2D eigenvalue weighted by atomic mass is 9.83. The van der Waals surface area contributed by atoms with E-state index in [-0.39, 0.29) is 6.04 Å². The lowest BCUT2D eigenvalue weighted by Gasteiger charge is -2.25. The van der Waals surface area contributed by atoms with Crippen LogP contribution in [0, 0.1) is 11.8 Å². The Hall–Kier alpha value is -0.570. The van der Waals surface area contributed by atoms with Crippen molar-refractivity contribution in [3.63, 3.8) is 0 Å². The highest BCUT2D eigenvalue weighted by Gasteiger charge is 2.19. The van der Waals surface area contributed by atoms with E-state index in [9.17, 15) is 9.90 Å². The predicted molar refractivity (Wildman–Crippen MR) is 79.3 cm³/mol. The third-order valence-electron chi connectivity index (χ3n) is 4.32. The van der Waals surface area contributed by atoms with Crippen LogP contribution in [0.2, 0.25) is 0 Å². The Bertz CT molecular complexity index is 249. The number of rotatable bonds is 9. The molecule has 1 aliphatic carbocycles. The van der Waals surface area contributed by atoms with Crippen LogP contribution in [0.4, 0.5) is 0 Å². The van der Waals surface area contributed by atoms with E-state index in [0.29, 0.717) is 5.92 Å².